The number of carbonyl (C=O) groups is 1. The SMILES string of the molecule is CCNC(=NCc1ccco1)NCCNC(=O)c1ccc(O)cc1.I. The molecule has 0 bridgehead atoms. The van der Waals surface area contributed by atoms with Crippen molar-refractivity contribution in [2.24, 2.45) is 4.99 Å². The normalized spacial score (nSPS) is 10.7. The van der Waals surface area contributed by atoms with Crippen LogP contribution in [0.25, 0.3) is 0 Å². The van der Waals surface area contributed by atoms with E-state index in [1.807, 2.05) is 19.1 Å². The number of rotatable bonds is 7. The molecule has 0 saturated heterocycles. The highest BCUT2D eigenvalue weighted by Gasteiger charge is 2.04. The van der Waals surface area contributed by atoms with Gasteiger partial charge in [0, 0.05) is 25.2 Å². The Hall–Kier alpha value is -2.23. The second-order valence-corrected chi connectivity index (χ2v) is 5.00. The molecule has 2 aromatic rings. The Balaban J connectivity index is 0.00000312. The number of furan rings is 1. The zero-order valence-corrected chi connectivity index (χ0v) is 16.3. The molecule has 4 N–H and O–H groups in total. The summed E-state index contributed by atoms with van der Waals surface area (Å²) in [6.07, 6.45) is 1.62. The Kier molecular flexibility index (Phi) is 9.45. The van der Waals surface area contributed by atoms with Gasteiger partial charge in [-0.2, -0.15) is 0 Å². The third kappa shape index (κ3) is 7.46. The predicted octanol–water partition coefficient (Wildman–Crippen LogP) is 2.09. The average Bonchev–Trinajstić information content (AvgIpc) is 3.10. The van der Waals surface area contributed by atoms with Crippen LogP contribution in [0, 0.1) is 0 Å². The lowest BCUT2D eigenvalue weighted by Gasteiger charge is -2.11. The van der Waals surface area contributed by atoms with Crippen molar-refractivity contribution < 1.29 is 14.3 Å². The van der Waals surface area contributed by atoms with Crippen molar-refractivity contribution in [3.8, 4) is 5.75 Å². The first-order valence-electron chi connectivity index (χ1n) is 7.81. The number of halogens is 1. The van der Waals surface area contributed by atoms with Gasteiger partial charge in [-0.3, -0.25) is 4.79 Å². The van der Waals surface area contributed by atoms with Crippen molar-refractivity contribution in [1.82, 2.24) is 16.0 Å². The van der Waals surface area contributed by atoms with Crippen molar-refractivity contribution in [2.75, 3.05) is 19.6 Å². The summed E-state index contributed by atoms with van der Waals surface area (Å²) in [7, 11) is 0. The summed E-state index contributed by atoms with van der Waals surface area (Å²) in [5.41, 5.74) is 0.506. The predicted molar refractivity (Wildman–Crippen MR) is 107 cm³/mol. The van der Waals surface area contributed by atoms with Gasteiger partial charge in [0.1, 0.15) is 18.1 Å². The van der Waals surface area contributed by atoms with E-state index in [-0.39, 0.29) is 35.6 Å². The summed E-state index contributed by atoms with van der Waals surface area (Å²) in [6, 6.07) is 9.81. The van der Waals surface area contributed by atoms with Crippen LogP contribution in [0.15, 0.2) is 52.1 Å². The number of guanidine groups is 1. The van der Waals surface area contributed by atoms with Gasteiger partial charge in [-0.1, -0.05) is 0 Å². The molecule has 0 spiro atoms. The highest BCUT2D eigenvalue weighted by atomic mass is 127. The molecule has 1 heterocycles. The number of hydrogen-bond acceptors (Lipinski definition) is 4. The molecule has 8 heteroatoms. The minimum absolute atomic E-state index is 0. The molecule has 0 aliphatic heterocycles. The number of aromatic hydroxyl groups is 1. The summed E-state index contributed by atoms with van der Waals surface area (Å²) in [6.45, 7) is 4.15. The fourth-order valence-corrected chi connectivity index (χ4v) is 1.97. The lowest BCUT2D eigenvalue weighted by Crippen LogP contribution is -2.41. The standard InChI is InChI=1S/C17H22N4O3.HI/c1-2-18-17(21-12-15-4-3-11-24-15)20-10-9-19-16(23)13-5-7-14(22)8-6-13;/h3-8,11,22H,2,9-10,12H2,1H3,(H,19,23)(H2,18,20,21);1H. The Morgan fingerprint density at radius 3 is 2.48 bits per heavy atom. The molecular formula is C17H23IN4O3. The van der Waals surface area contributed by atoms with Gasteiger partial charge in [0.05, 0.1) is 6.26 Å². The molecule has 25 heavy (non-hydrogen) atoms. The van der Waals surface area contributed by atoms with Gasteiger partial charge >= 0.3 is 0 Å². The molecular weight excluding hydrogens is 435 g/mol. The molecule has 0 aliphatic rings. The van der Waals surface area contributed by atoms with E-state index in [9.17, 15) is 9.90 Å². The average molecular weight is 458 g/mol. The van der Waals surface area contributed by atoms with E-state index in [0.717, 1.165) is 12.3 Å². The number of phenols is 1. The molecule has 0 unspecified atom stereocenters. The van der Waals surface area contributed by atoms with Crippen LogP contribution in [0.1, 0.15) is 23.0 Å². The smallest absolute Gasteiger partial charge is 0.251 e. The van der Waals surface area contributed by atoms with Crippen LogP contribution in [0.4, 0.5) is 0 Å². The summed E-state index contributed by atoms with van der Waals surface area (Å²) in [5, 5.41) is 18.3. The fourth-order valence-electron chi connectivity index (χ4n) is 1.97. The van der Waals surface area contributed by atoms with Gasteiger partial charge in [-0.15, -0.1) is 24.0 Å². The number of amides is 1. The van der Waals surface area contributed by atoms with Crippen molar-refractivity contribution in [2.45, 2.75) is 13.5 Å². The van der Waals surface area contributed by atoms with E-state index >= 15 is 0 Å². The van der Waals surface area contributed by atoms with Crippen LogP contribution in [0.5, 0.6) is 5.75 Å². The number of carbonyl (C=O) groups excluding carboxylic acids is 1. The first kappa shape index (κ1) is 20.8. The lowest BCUT2D eigenvalue weighted by molar-refractivity contribution is 0.0954. The highest BCUT2D eigenvalue weighted by Crippen LogP contribution is 2.09. The quantitative estimate of drug-likeness (QED) is 0.221. The van der Waals surface area contributed by atoms with Crippen LogP contribution < -0.4 is 16.0 Å². The number of phenolic OH excluding ortho intramolecular Hbond substituents is 1. The third-order valence-electron chi connectivity index (χ3n) is 3.15. The van der Waals surface area contributed by atoms with Crippen molar-refractivity contribution in [3.05, 3.63) is 54.0 Å². The van der Waals surface area contributed by atoms with E-state index in [1.54, 1.807) is 18.4 Å². The van der Waals surface area contributed by atoms with Crippen molar-refractivity contribution >= 4 is 35.8 Å². The van der Waals surface area contributed by atoms with E-state index in [2.05, 4.69) is 20.9 Å². The van der Waals surface area contributed by atoms with Crippen LogP contribution >= 0.6 is 24.0 Å². The summed E-state index contributed by atoms with van der Waals surface area (Å²) < 4.78 is 5.24. The molecule has 0 saturated carbocycles. The summed E-state index contributed by atoms with van der Waals surface area (Å²) in [4.78, 5) is 16.3. The monoisotopic (exact) mass is 458 g/mol. The topological polar surface area (TPSA) is 98.9 Å². The number of benzene rings is 1. The molecule has 136 valence electrons. The minimum Gasteiger partial charge on any atom is -0.508 e. The molecule has 0 aliphatic carbocycles. The van der Waals surface area contributed by atoms with Crippen LogP contribution in [0.2, 0.25) is 0 Å². The van der Waals surface area contributed by atoms with Gasteiger partial charge in [-0.25, -0.2) is 4.99 Å². The van der Waals surface area contributed by atoms with E-state index in [1.165, 1.54) is 12.1 Å². The molecule has 7 nitrogen and oxygen atoms in total. The molecule has 0 fully saturated rings. The molecule has 1 aromatic heterocycles. The van der Waals surface area contributed by atoms with Crippen molar-refractivity contribution in [3.63, 3.8) is 0 Å². The second kappa shape index (κ2) is 11.3. The largest absolute Gasteiger partial charge is 0.508 e. The molecule has 2 rings (SSSR count). The minimum atomic E-state index is -0.186. The molecule has 0 atom stereocenters. The van der Waals surface area contributed by atoms with Crippen molar-refractivity contribution in [1.29, 1.82) is 0 Å². The summed E-state index contributed by atoms with van der Waals surface area (Å²) >= 11 is 0. The summed E-state index contributed by atoms with van der Waals surface area (Å²) in [5.74, 6) is 1.39. The van der Waals surface area contributed by atoms with E-state index in [4.69, 9.17) is 4.42 Å². The highest BCUT2D eigenvalue weighted by molar-refractivity contribution is 14.0. The molecule has 0 radical (unpaired) electrons. The van der Waals surface area contributed by atoms with E-state index < -0.39 is 0 Å². The number of nitrogens with zero attached hydrogens (tertiary/aromatic N) is 1. The zero-order valence-electron chi connectivity index (χ0n) is 14.0. The van der Waals surface area contributed by atoms with Crippen LogP contribution in [0.3, 0.4) is 0 Å². The Bertz CT molecular complexity index is 657. The third-order valence-corrected chi connectivity index (χ3v) is 3.15. The van der Waals surface area contributed by atoms with Gasteiger partial charge in [0.15, 0.2) is 5.96 Å². The first-order valence-corrected chi connectivity index (χ1v) is 7.81. The van der Waals surface area contributed by atoms with Crippen LogP contribution in [-0.4, -0.2) is 36.6 Å². The molecule has 1 aromatic carbocycles. The number of hydrogen-bond donors (Lipinski definition) is 4. The molecule has 1 amide bonds. The maximum Gasteiger partial charge on any atom is 0.251 e. The van der Waals surface area contributed by atoms with Gasteiger partial charge in [0.2, 0.25) is 0 Å². The first-order chi connectivity index (χ1) is 11.7. The van der Waals surface area contributed by atoms with Crippen LogP contribution in [-0.2, 0) is 6.54 Å². The maximum absolute atomic E-state index is 11.9. The van der Waals surface area contributed by atoms with Gasteiger partial charge < -0.3 is 25.5 Å². The number of nitrogens with one attached hydrogen (secondary N) is 3. The number of aliphatic imine (C=N–C) groups is 1. The Labute approximate surface area is 163 Å². The fraction of sp³-hybridized carbons (Fsp3) is 0.294. The van der Waals surface area contributed by atoms with Gasteiger partial charge in [0.25, 0.3) is 5.91 Å². The Morgan fingerprint density at radius 2 is 1.84 bits per heavy atom. The Morgan fingerprint density at radius 1 is 1.12 bits per heavy atom. The lowest BCUT2D eigenvalue weighted by atomic mass is 10.2. The second-order valence-electron chi connectivity index (χ2n) is 5.00. The maximum atomic E-state index is 11.9. The van der Waals surface area contributed by atoms with E-state index in [0.29, 0.717) is 31.2 Å². The zero-order chi connectivity index (χ0) is 17.2. The van der Waals surface area contributed by atoms with Gasteiger partial charge in [-0.05, 0) is 43.3 Å².